The first-order valence-electron chi connectivity index (χ1n) is 7.80. The number of hydrogen-bond acceptors (Lipinski definition) is 2. The molecule has 0 aliphatic carbocycles. The van der Waals surface area contributed by atoms with E-state index >= 15 is 0 Å². The van der Waals surface area contributed by atoms with Crippen LogP contribution in [0.3, 0.4) is 0 Å². The Morgan fingerprint density at radius 2 is 2.11 bits per heavy atom. The van der Waals surface area contributed by atoms with Crippen molar-refractivity contribution in [1.29, 1.82) is 0 Å². The Morgan fingerprint density at radius 3 is 2.79 bits per heavy atom. The zero-order chi connectivity index (χ0) is 18.1. The zero-order valence-corrected chi connectivity index (χ0v) is 12.0. The Hall–Kier alpha value is -1.32. The Morgan fingerprint density at radius 1 is 1.37 bits per heavy atom. The molecule has 0 aliphatic heterocycles. The average molecular weight is 345 g/mol. The summed E-state index contributed by atoms with van der Waals surface area (Å²) in [6.07, 6.45) is 0. The zero-order valence-electron chi connectivity index (χ0n) is 14.6. The molecule has 19 heavy (non-hydrogen) atoms. The van der Waals surface area contributed by atoms with Crippen molar-refractivity contribution < 1.29 is 16.4 Å². The topological polar surface area (TPSA) is 26.3 Å². The van der Waals surface area contributed by atoms with E-state index in [1.807, 2.05) is 0 Å². The Bertz CT molecular complexity index is 759. The fourth-order valence-electron chi connectivity index (χ4n) is 1.56. The molecule has 0 N–H and O–H groups in total. The maximum atomic E-state index is 12.5. The molecule has 2 aromatic carbocycles. The van der Waals surface area contributed by atoms with Crippen LogP contribution >= 0.6 is 27.5 Å². The normalized spacial score (nSPS) is 15.6. The molecule has 0 heterocycles. The van der Waals surface area contributed by atoms with Crippen LogP contribution in [0.15, 0.2) is 46.9 Å². The monoisotopic (exact) mass is 343 g/mol. The maximum Gasteiger partial charge on any atom is 0.194 e. The lowest BCUT2D eigenvalue weighted by Gasteiger charge is -2.06. The molecule has 0 bridgehead atoms. The molecular formula is C15H12BrClO2. The van der Waals surface area contributed by atoms with Crippen LogP contribution in [0.25, 0.3) is 0 Å². The fourth-order valence-corrected chi connectivity index (χ4v) is 2.12. The first-order chi connectivity index (χ1) is 11.0. The second-order valence-electron chi connectivity index (χ2n) is 3.68. The molecule has 0 aliphatic rings. The number of ether oxygens (including phenoxy) is 1. The minimum Gasteiger partial charge on any atom is -0.494 e. The largest absolute Gasteiger partial charge is 0.494 e. The van der Waals surface area contributed by atoms with Gasteiger partial charge in [-0.3, -0.25) is 4.79 Å². The standard InChI is InChI=1S/C15H12BrClO2/c1-2-19-12-6-3-10(4-7-12)15(18)13-9-11(16)5-8-14(13)17/h3-9H,2H2,1H3/i1D3,2D2. The number of benzene rings is 2. The molecule has 98 valence electrons. The maximum absolute atomic E-state index is 12.5. The highest BCUT2D eigenvalue weighted by molar-refractivity contribution is 9.10. The van der Waals surface area contributed by atoms with Gasteiger partial charge in [0.1, 0.15) is 5.75 Å². The third kappa shape index (κ3) is 3.37. The van der Waals surface area contributed by atoms with Gasteiger partial charge in [-0.05, 0) is 49.3 Å². The second-order valence-corrected chi connectivity index (χ2v) is 5.00. The van der Waals surface area contributed by atoms with Crippen LogP contribution in [-0.4, -0.2) is 12.3 Å². The van der Waals surface area contributed by atoms with Crippen molar-refractivity contribution in [2.45, 2.75) is 6.85 Å². The van der Waals surface area contributed by atoms with E-state index in [1.165, 1.54) is 24.3 Å². The highest BCUT2D eigenvalue weighted by Crippen LogP contribution is 2.24. The second kappa shape index (κ2) is 6.22. The molecular weight excluding hydrogens is 328 g/mol. The summed E-state index contributed by atoms with van der Waals surface area (Å²) in [5.74, 6) is -0.306. The van der Waals surface area contributed by atoms with Crippen LogP contribution in [0.2, 0.25) is 5.02 Å². The van der Waals surface area contributed by atoms with Crippen molar-refractivity contribution in [2.24, 2.45) is 0 Å². The number of halogens is 2. The minimum absolute atomic E-state index is 0.00742. The van der Waals surface area contributed by atoms with Crippen LogP contribution < -0.4 is 4.74 Å². The summed E-state index contributed by atoms with van der Waals surface area (Å²) in [6, 6.07) is 10.4. The van der Waals surface area contributed by atoms with Gasteiger partial charge < -0.3 is 4.74 Å². The summed E-state index contributed by atoms with van der Waals surface area (Å²) < 4.78 is 41.8. The van der Waals surface area contributed by atoms with E-state index in [0.717, 1.165) is 0 Å². The van der Waals surface area contributed by atoms with Crippen molar-refractivity contribution in [3.63, 3.8) is 0 Å². The minimum atomic E-state index is -2.93. The summed E-state index contributed by atoms with van der Waals surface area (Å²) in [5, 5.41) is 0.308. The molecule has 0 aromatic heterocycles. The van der Waals surface area contributed by atoms with Gasteiger partial charge in [-0.15, -0.1) is 0 Å². The molecule has 0 radical (unpaired) electrons. The molecule has 2 nitrogen and oxygen atoms in total. The average Bonchev–Trinajstić information content (AvgIpc) is 2.48. The molecule has 4 heteroatoms. The van der Waals surface area contributed by atoms with E-state index in [9.17, 15) is 4.79 Å². The van der Waals surface area contributed by atoms with Crippen molar-refractivity contribution >= 4 is 33.3 Å². The van der Waals surface area contributed by atoms with Gasteiger partial charge >= 0.3 is 0 Å². The van der Waals surface area contributed by atoms with Gasteiger partial charge in [0.15, 0.2) is 5.78 Å². The smallest absolute Gasteiger partial charge is 0.194 e. The van der Waals surface area contributed by atoms with Crippen molar-refractivity contribution in [3.05, 3.63) is 63.1 Å². The number of rotatable bonds is 4. The van der Waals surface area contributed by atoms with E-state index in [4.69, 9.17) is 23.2 Å². The predicted octanol–water partition coefficient (Wildman–Crippen LogP) is 4.73. The molecule has 0 unspecified atom stereocenters. The number of ketones is 1. The van der Waals surface area contributed by atoms with Crippen LogP contribution in [0.1, 0.15) is 29.6 Å². The van der Waals surface area contributed by atoms with E-state index in [-0.39, 0.29) is 11.5 Å². The molecule has 0 saturated heterocycles. The van der Waals surface area contributed by atoms with Crippen molar-refractivity contribution in [1.82, 2.24) is 0 Å². The summed E-state index contributed by atoms with van der Waals surface area (Å²) in [6.45, 7) is -5.75. The Balaban J connectivity index is 2.23. The highest BCUT2D eigenvalue weighted by Gasteiger charge is 2.13. The number of hydrogen-bond donors (Lipinski definition) is 0. The van der Waals surface area contributed by atoms with E-state index < -0.39 is 13.4 Å². The van der Waals surface area contributed by atoms with Crippen molar-refractivity contribution in [3.8, 4) is 5.75 Å². The quantitative estimate of drug-likeness (QED) is 0.749. The fraction of sp³-hybridized carbons (Fsp3) is 0.133. The Labute approximate surface area is 132 Å². The molecule has 0 fully saturated rings. The van der Waals surface area contributed by atoms with Gasteiger partial charge in [0.2, 0.25) is 0 Å². The third-order valence-electron chi connectivity index (χ3n) is 2.46. The van der Waals surface area contributed by atoms with Gasteiger partial charge in [-0.25, -0.2) is 0 Å². The molecule has 2 rings (SSSR count). The summed E-state index contributed by atoms with van der Waals surface area (Å²) >= 11 is 9.31. The Kier molecular flexibility index (Phi) is 2.87. The van der Waals surface area contributed by atoms with Gasteiger partial charge in [0.05, 0.1) is 14.3 Å². The molecule has 2 aromatic rings. The first kappa shape index (κ1) is 8.77. The molecule has 0 amide bonds. The van der Waals surface area contributed by atoms with Crippen LogP contribution in [0.5, 0.6) is 5.75 Å². The molecule has 0 spiro atoms. The lowest BCUT2D eigenvalue weighted by atomic mass is 10.0. The summed E-state index contributed by atoms with van der Waals surface area (Å²) in [7, 11) is 0. The lowest BCUT2D eigenvalue weighted by Crippen LogP contribution is -2.02. The predicted molar refractivity (Wildman–Crippen MR) is 80.2 cm³/mol. The van der Waals surface area contributed by atoms with Crippen LogP contribution in [-0.2, 0) is 0 Å². The van der Waals surface area contributed by atoms with E-state index in [1.54, 1.807) is 18.2 Å². The SMILES string of the molecule is [2H]C([2H])([2H])C([2H])([2H])Oc1ccc(C(=O)c2cc(Br)ccc2Cl)cc1. The number of carbonyl (C=O) groups is 1. The lowest BCUT2D eigenvalue weighted by molar-refractivity contribution is 0.103. The summed E-state index contributed by atoms with van der Waals surface area (Å²) in [5.41, 5.74) is 0.634. The van der Waals surface area contributed by atoms with Crippen LogP contribution in [0, 0.1) is 0 Å². The van der Waals surface area contributed by atoms with E-state index in [2.05, 4.69) is 15.9 Å². The molecule has 0 atom stereocenters. The summed E-state index contributed by atoms with van der Waals surface area (Å²) in [4.78, 5) is 12.5. The van der Waals surface area contributed by atoms with E-state index in [0.29, 0.717) is 20.6 Å². The van der Waals surface area contributed by atoms with Gasteiger partial charge in [-0.2, -0.15) is 0 Å². The first-order valence-corrected chi connectivity index (χ1v) is 6.47. The van der Waals surface area contributed by atoms with Crippen LogP contribution in [0.4, 0.5) is 0 Å². The third-order valence-corrected chi connectivity index (χ3v) is 3.28. The van der Waals surface area contributed by atoms with Gasteiger partial charge in [-0.1, -0.05) is 27.5 Å². The van der Waals surface area contributed by atoms with Gasteiger partial charge in [0, 0.05) is 19.7 Å². The highest BCUT2D eigenvalue weighted by atomic mass is 79.9. The van der Waals surface area contributed by atoms with Gasteiger partial charge in [0.25, 0.3) is 0 Å². The molecule has 0 saturated carbocycles. The van der Waals surface area contributed by atoms with Crippen molar-refractivity contribution in [2.75, 3.05) is 6.56 Å². The number of carbonyl (C=O) groups excluding carboxylic acids is 1.